The Morgan fingerprint density at radius 2 is 1.50 bits per heavy atom. The minimum absolute atomic E-state index is 0.723. The molecule has 0 unspecified atom stereocenters. The van der Waals surface area contributed by atoms with Gasteiger partial charge in [-0.2, -0.15) is 0 Å². The third kappa shape index (κ3) is 3.28. The maximum absolute atomic E-state index is 6.01. The molecule has 1 aromatic rings. The van der Waals surface area contributed by atoms with Gasteiger partial charge in [-0.1, -0.05) is 0 Å². The van der Waals surface area contributed by atoms with E-state index in [0.29, 0.717) is 0 Å². The van der Waals surface area contributed by atoms with E-state index in [2.05, 4.69) is 31.2 Å². The van der Waals surface area contributed by atoms with Crippen molar-refractivity contribution in [3.8, 4) is 0 Å². The predicted octanol–water partition coefficient (Wildman–Crippen LogP) is 3.37. The van der Waals surface area contributed by atoms with Crippen LogP contribution in [0.2, 0.25) is 0 Å². The van der Waals surface area contributed by atoms with Crippen LogP contribution in [-0.4, -0.2) is 19.4 Å². The van der Waals surface area contributed by atoms with E-state index in [1.807, 2.05) is 19.9 Å². The van der Waals surface area contributed by atoms with Crippen molar-refractivity contribution < 1.29 is 9.05 Å². The summed E-state index contributed by atoms with van der Waals surface area (Å²) in [5.41, 5.74) is 0. The fourth-order valence-electron chi connectivity index (χ4n) is 1.98. The summed E-state index contributed by atoms with van der Waals surface area (Å²) in [4.78, 5) is 0. The van der Waals surface area contributed by atoms with Crippen molar-refractivity contribution in [2.24, 2.45) is 0 Å². The standard InChI is InChI=1S/C13H23O2P/c1-4-12-16(14-5-2,15-6-3)13-10-8-7-9-11-13/h7-11,16H,4-6,12H2,1-3H3. The molecule has 1 rings (SSSR count). The summed E-state index contributed by atoms with van der Waals surface area (Å²) in [6.45, 7) is 7.71. The van der Waals surface area contributed by atoms with Crippen LogP contribution in [0.25, 0.3) is 0 Å². The third-order valence-electron chi connectivity index (χ3n) is 2.55. The number of hydrogen-bond acceptors (Lipinski definition) is 2. The SMILES string of the molecule is CCC[PH](OCC)(OCC)c1ccccc1. The van der Waals surface area contributed by atoms with Crippen LogP contribution in [0.4, 0.5) is 0 Å². The van der Waals surface area contributed by atoms with Crippen LogP contribution in [0, 0.1) is 0 Å². The van der Waals surface area contributed by atoms with Crippen molar-refractivity contribution in [3.05, 3.63) is 30.3 Å². The fourth-order valence-corrected chi connectivity index (χ4v) is 5.27. The van der Waals surface area contributed by atoms with Crippen molar-refractivity contribution >= 4 is 13.0 Å². The van der Waals surface area contributed by atoms with E-state index in [1.54, 1.807) is 0 Å². The summed E-state index contributed by atoms with van der Waals surface area (Å²) in [5.74, 6) is 0. The second-order valence-corrected chi connectivity index (χ2v) is 6.90. The molecule has 16 heavy (non-hydrogen) atoms. The fraction of sp³-hybridized carbons (Fsp3) is 0.538. The number of rotatable bonds is 7. The van der Waals surface area contributed by atoms with Gasteiger partial charge in [0, 0.05) is 0 Å². The van der Waals surface area contributed by atoms with E-state index in [9.17, 15) is 0 Å². The Kier molecular flexibility index (Phi) is 5.97. The quantitative estimate of drug-likeness (QED) is 0.682. The molecule has 0 radical (unpaired) electrons. The molecule has 0 bridgehead atoms. The second kappa shape index (κ2) is 7.01. The van der Waals surface area contributed by atoms with Crippen LogP contribution in [0.15, 0.2) is 30.3 Å². The summed E-state index contributed by atoms with van der Waals surface area (Å²) in [6, 6.07) is 10.4. The van der Waals surface area contributed by atoms with Crippen LogP contribution in [0.3, 0.4) is 0 Å². The van der Waals surface area contributed by atoms with Gasteiger partial charge >= 0.3 is 99.0 Å². The van der Waals surface area contributed by atoms with E-state index >= 15 is 0 Å². The van der Waals surface area contributed by atoms with Crippen molar-refractivity contribution in [1.82, 2.24) is 0 Å². The summed E-state index contributed by atoms with van der Waals surface area (Å²) >= 11 is 0. The molecule has 0 saturated carbocycles. The molecule has 0 aliphatic rings. The van der Waals surface area contributed by atoms with Gasteiger partial charge in [0.25, 0.3) is 0 Å². The minimum atomic E-state index is -2.17. The zero-order valence-corrected chi connectivity index (χ0v) is 11.5. The first-order valence-corrected chi connectivity index (χ1v) is 8.14. The molecular weight excluding hydrogens is 219 g/mol. The Morgan fingerprint density at radius 1 is 0.938 bits per heavy atom. The monoisotopic (exact) mass is 242 g/mol. The Hall–Kier alpha value is -0.430. The van der Waals surface area contributed by atoms with Gasteiger partial charge in [0.15, 0.2) is 0 Å². The van der Waals surface area contributed by atoms with Gasteiger partial charge in [-0.3, -0.25) is 0 Å². The molecule has 2 nitrogen and oxygen atoms in total. The van der Waals surface area contributed by atoms with Crippen molar-refractivity contribution in [2.45, 2.75) is 27.2 Å². The van der Waals surface area contributed by atoms with Crippen molar-refractivity contribution in [2.75, 3.05) is 19.4 Å². The van der Waals surface area contributed by atoms with E-state index in [-0.39, 0.29) is 0 Å². The molecule has 92 valence electrons. The first-order chi connectivity index (χ1) is 7.79. The molecule has 0 aliphatic carbocycles. The van der Waals surface area contributed by atoms with Gasteiger partial charge in [0.05, 0.1) is 0 Å². The summed E-state index contributed by atoms with van der Waals surface area (Å²) < 4.78 is 12.0. The molecule has 3 heteroatoms. The van der Waals surface area contributed by atoms with Crippen LogP contribution in [-0.2, 0) is 9.05 Å². The third-order valence-corrected chi connectivity index (χ3v) is 6.43. The van der Waals surface area contributed by atoms with Gasteiger partial charge in [-0.25, -0.2) is 0 Å². The maximum atomic E-state index is 6.01. The van der Waals surface area contributed by atoms with E-state index in [1.165, 1.54) is 5.30 Å². The Balaban J connectivity index is 2.99. The molecule has 0 aliphatic heterocycles. The molecule has 0 saturated heterocycles. The zero-order chi connectivity index (χ0) is 11.9. The number of benzene rings is 1. The molecule has 1 aromatic carbocycles. The van der Waals surface area contributed by atoms with Crippen LogP contribution in [0.5, 0.6) is 0 Å². The van der Waals surface area contributed by atoms with Crippen LogP contribution < -0.4 is 5.30 Å². The zero-order valence-electron chi connectivity index (χ0n) is 10.5. The molecular formula is C13H23O2P. The topological polar surface area (TPSA) is 18.5 Å². The number of hydrogen-bond donors (Lipinski definition) is 0. The summed E-state index contributed by atoms with van der Waals surface area (Å²) in [6.07, 6.45) is 2.12. The van der Waals surface area contributed by atoms with Gasteiger partial charge in [-0.15, -0.1) is 0 Å². The van der Waals surface area contributed by atoms with E-state index in [4.69, 9.17) is 9.05 Å². The van der Waals surface area contributed by atoms with Crippen LogP contribution >= 0.6 is 7.72 Å². The molecule has 0 fully saturated rings. The second-order valence-electron chi connectivity index (χ2n) is 3.73. The molecule has 0 amide bonds. The molecule has 0 atom stereocenters. The Morgan fingerprint density at radius 3 is 1.94 bits per heavy atom. The normalized spacial score (nSPS) is 12.7. The van der Waals surface area contributed by atoms with Crippen molar-refractivity contribution in [3.63, 3.8) is 0 Å². The van der Waals surface area contributed by atoms with E-state index in [0.717, 1.165) is 25.8 Å². The Labute approximate surface area is 99.5 Å². The average molecular weight is 242 g/mol. The first kappa shape index (κ1) is 13.6. The van der Waals surface area contributed by atoms with Gasteiger partial charge in [-0.05, 0) is 0 Å². The van der Waals surface area contributed by atoms with Gasteiger partial charge in [0.2, 0.25) is 0 Å². The van der Waals surface area contributed by atoms with Crippen LogP contribution in [0.1, 0.15) is 27.2 Å². The Bertz CT molecular complexity index is 270. The van der Waals surface area contributed by atoms with E-state index < -0.39 is 7.72 Å². The molecule has 0 N–H and O–H groups in total. The van der Waals surface area contributed by atoms with Crippen molar-refractivity contribution in [1.29, 1.82) is 0 Å². The summed E-state index contributed by atoms with van der Waals surface area (Å²) in [7, 11) is -2.17. The molecule has 0 heterocycles. The average Bonchev–Trinajstić information content (AvgIpc) is 2.31. The van der Waals surface area contributed by atoms with Gasteiger partial charge < -0.3 is 0 Å². The predicted molar refractivity (Wildman–Crippen MR) is 72.8 cm³/mol. The molecule has 0 aromatic heterocycles. The first-order valence-electron chi connectivity index (χ1n) is 6.12. The molecule has 0 spiro atoms. The summed E-state index contributed by atoms with van der Waals surface area (Å²) in [5, 5.41) is 1.25. The van der Waals surface area contributed by atoms with Gasteiger partial charge in [0.1, 0.15) is 0 Å².